The summed E-state index contributed by atoms with van der Waals surface area (Å²) in [4.78, 5) is 0. The fraction of sp³-hybridized carbons (Fsp3) is 0.111. The number of hydrogen-bond acceptors (Lipinski definition) is 2. The quantitative estimate of drug-likeness (QED) is 0.403. The van der Waals surface area contributed by atoms with Gasteiger partial charge >= 0.3 is 0 Å². The lowest BCUT2D eigenvalue weighted by atomic mass is 9.80. The van der Waals surface area contributed by atoms with E-state index in [0.29, 0.717) is 6.42 Å². The lowest BCUT2D eigenvalue weighted by Crippen LogP contribution is -2.32. The Morgan fingerprint density at radius 1 is 0.586 bits per heavy atom. The first-order valence-corrected chi connectivity index (χ1v) is 9.96. The molecule has 0 aliphatic carbocycles. The highest BCUT2D eigenvalue weighted by Gasteiger charge is 2.35. The molecule has 4 aromatic carbocycles. The van der Waals surface area contributed by atoms with Gasteiger partial charge < -0.3 is 10.4 Å². The van der Waals surface area contributed by atoms with Gasteiger partial charge in [-0.1, -0.05) is 109 Å². The summed E-state index contributed by atoms with van der Waals surface area (Å²) in [6.45, 7) is 0. The van der Waals surface area contributed by atoms with Crippen LogP contribution in [0.1, 0.15) is 29.2 Å². The smallest absolute Gasteiger partial charge is 0.117 e. The normalized spacial score (nSPS) is 12.3. The van der Waals surface area contributed by atoms with Crippen molar-refractivity contribution in [2.24, 2.45) is 0 Å². The molecule has 0 aromatic heterocycles. The monoisotopic (exact) mass is 379 g/mol. The minimum absolute atomic E-state index is 0.0657. The average Bonchev–Trinajstić information content (AvgIpc) is 2.81. The number of benzene rings is 4. The van der Waals surface area contributed by atoms with Gasteiger partial charge in [0.15, 0.2) is 0 Å². The Kier molecular flexibility index (Phi) is 5.73. The Balaban J connectivity index is 1.76. The van der Waals surface area contributed by atoms with Gasteiger partial charge in [0.25, 0.3) is 0 Å². The van der Waals surface area contributed by atoms with Crippen LogP contribution in [0.2, 0.25) is 0 Å². The number of para-hydroxylation sites is 1. The topological polar surface area (TPSA) is 32.3 Å². The summed E-state index contributed by atoms with van der Waals surface area (Å²) < 4.78 is 0. The number of hydrogen-bond donors (Lipinski definition) is 2. The van der Waals surface area contributed by atoms with Gasteiger partial charge in [-0.05, 0) is 28.8 Å². The van der Waals surface area contributed by atoms with Gasteiger partial charge in [0.05, 0.1) is 6.04 Å². The SMILES string of the molecule is OC(CC(Nc1ccccc1)c1ccccc1)(c1ccccc1)c1ccccc1. The van der Waals surface area contributed by atoms with E-state index in [1.54, 1.807) is 0 Å². The Labute approximate surface area is 172 Å². The van der Waals surface area contributed by atoms with E-state index < -0.39 is 5.60 Å². The highest BCUT2D eigenvalue weighted by molar-refractivity contribution is 5.46. The van der Waals surface area contributed by atoms with E-state index in [4.69, 9.17) is 0 Å². The van der Waals surface area contributed by atoms with Crippen LogP contribution in [0.4, 0.5) is 5.69 Å². The second kappa shape index (κ2) is 8.76. The molecule has 0 saturated heterocycles. The van der Waals surface area contributed by atoms with E-state index in [0.717, 1.165) is 22.4 Å². The molecule has 0 spiro atoms. The molecule has 4 aromatic rings. The van der Waals surface area contributed by atoms with Crippen LogP contribution in [0, 0.1) is 0 Å². The molecule has 29 heavy (non-hydrogen) atoms. The van der Waals surface area contributed by atoms with E-state index in [1.165, 1.54) is 0 Å². The van der Waals surface area contributed by atoms with Gasteiger partial charge in [0.1, 0.15) is 5.60 Å². The lowest BCUT2D eigenvalue weighted by Gasteiger charge is -2.34. The molecule has 2 heteroatoms. The Bertz CT molecular complexity index is 962. The summed E-state index contributed by atoms with van der Waals surface area (Å²) in [6.07, 6.45) is 0.500. The summed E-state index contributed by atoms with van der Waals surface area (Å²) in [5.74, 6) is 0. The van der Waals surface area contributed by atoms with Crippen molar-refractivity contribution < 1.29 is 5.11 Å². The summed E-state index contributed by atoms with van der Waals surface area (Å²) in [5, 5.41) is 15.7. The maximum Gasteiger partial charge on any atom is 0.117 e. The van der Waals surface area contributed by atoms with Crippen LogP contribution in [0.3, 0.4) is 0 Å². The van der Waals surface area contributed by atoms with Crippen molar-refractivity contribution in [2.45, 2.75) is 18.1 Å². The highest BCUT2D eigenvalue weighted by Crippen LogP contribution is 2.39. The molecular weight excluding hydrogens is 354 g/mol. The minimum Gasteiger partial charge on any atom is -0.380 e. The number of nitrogens with one attached hydrogen (secondary N) is 1. The van der Waals surface area contributed by atoms with Crippen molar-refractivity contribution >= 4 is 5.69 Å². The second-order valence-corrected chi connectivity index (χ2v) is 7.27. The molecule has 0 saturated carbocycles. The third-order valence-corrected chi connectivity index (χ3v) is 5.32. The fourth-order valence-electron chi connectivity index (χ4n) is 3.80. The van der Waals surface area contributed by atoms with E-state index in [-0.39, 0.29) is 6.04 Å². The summed E-state index contributed by atoms with van der Waals surface area (Å²) >= 11 is 0. The third-order valence-electron chi connectivity index (χ3n) is 5.32. The second-order valence-electron chi connectivity index (χ2n) is 7.27. The molecule has 0 aliphatic heterocycles. The van der Waals surface area contributed by atoms with Gasteiger partial charge in [-0.2, -0.15) is 0 Å². The van der Waals surface area contributed by atoms with E-state index >= 15 is 0 Å². The zero-order valence-corrected chi connectivity index (χ0v) is 16.3. The Hall–Kier alpha value is -3.36. The first kappa shape index (κ1) is 19.0. The molecule has 0 fully saturated rings. The van der Waals surface area contributed by atoms with Crippen LogP contribution in [-0.4, -0.2) is 5.11 Å². The van der Waals surface area contributed by atoms with Crippen LogP contribution in [0.25, 0.3) is 0 Å². The molecule has 2 nitrogen and oxygen atoms in total. The molecule has 1 atom stereocenters. The third kappa shape index (κ3) is 4.39. The predicted molar refractivity (Wildman–Crippen MR) is 120 cm³/mol. The van der Waals surface area contributed by atoms with Crippen molar-refractivity contribution in [3.8, 4) is 0 Å². The van der Waals surface area contributed by atoms with Crippen LogP contribution in [-0.2, 0) is 5.60 Å². The predicted octanol–water partition coefficient (Wildman–Crippen LogP) is 6.17. The number of anilines is 1. The van der Waals surface area contributed by atoms with E-state index in [9.17, 15) is 5.11 Å². The molecule has 0 amide bonds. The van der Waals surface area contributed by atoms with Crippen LogP contribution in [0.5, 0.6) is 0 Å². The zero-order valence-electron chi connectivity index (χ0n) is 16.3. The molecule has 144 valence electrons. The molecule has 0 heterocycles. The summed E-state index contributed by atoms with van der Waals surface area (Å²) in [6, 6.07) is 40.3. The molecule has 0 bridgehead atoms. The van der Waals surface area contributed by atoms with Crippen molar-refractivity contribution in [3.63, 3.8) is 0 Å². The van der Waals surface area contributed by atoms with Gasteiger partial charge in [0.2, 0.25) is 0 Å². The van der Waals surface area contributed by atoms with Crippen molar-refractivity contribution in [1.29, 1.82) is 0 Å². The lowest BCUT2D eigenvalue weighted by molar-refractivity contribution is 0.0653. The van der Waals surface area contributed by atoms with Gasteiger partial charge in [-0.3, -0.25) is 0 Å². The fourth-order valence-corrected chi connectivity index (χ4v) is 3.80. The largest absolute Gasteiger partial charge is 0.380 e. The van der Waals surface area contributed by atoms with Crippen LogP contribution < -0.4 is 5.32 Å². The van der Waals surface area contributed by atoms with Crippen molar-refractivity contribution in [2.75, 3.05) is 5.32 Å². The maximum atomic E-state index is 12.0. The number of aliphatic hydroxyl groups is 1. The first-order chi connectivity index (χ1) is 14.3. The molecular formula is C27H25NO. The molecule has 0 radical (unpaired) electrons. The van der Waals surface area contributed by atoms with E-state index in [2.05, 4.69) is 29.6 Å². The van der Waals surface area contributed by atoms with Gasteiger partial charge in [-0.25, -0.2) is 0 Å². The number of rotatable bonds is 7. The summed E-state index contributed by atoms with van der Waals surface area (Å²) in [7, 11) is 0. The van der Waals surface area contributed by atoms with Gasteiger partial charge in [-0.15, -0.1) is 0 Å². The highest BCUT2D eigenvalue weighted by atomic mass is 16.3. The van der Waals surface area contributed by atoms with Crippen LogP contribution in [0.15, 0.2) is 121 Å². The molecule has 1 unspecified atom stereocenters. The van der Waals surface area contributed by atoms with Gasteiger partial charge in [0, 0.05) is 12.1 Å². The Morgan fingerprint density at radius 2 is 1.00 bits per heavy atom. The molecule has 0 aliphatic rings. The van der Waals surface area contributed by atoms with Crippen LogP contribution >= 0.6 is 0 Å². The standard InChI is InChI=1S/C27H25NO/c29-27(23-15-7-2-8-16-23,24-17-9-3-10-18-24)21-26(22-13-5-1-6-14-22)28-25-19-11-4-12-20-25/h1-20,26,28-29H,21H2. The zero-order chi connectivity index (χ0) is 19.9. The molecule has 4 rings (SSSR count). The van der Waals surface area contributed by atoms with Crippen molar-refractivity contribution in [1.82, 2.24) is 0 Å². The average molecular weight is 380 g/mol. The maximum absolute atomic E-state index is 12.0. The van der Waals surface area contributed by atoms with Crippen molar-refractivity contribution in [3.05, 3.63) is 138 Å². The minimum atomic E-state index is -1.12. The summed E-state index contributed by atoms with van der Waals surface area (Å²) in [5.41, 5.74) is 2.83. The van der Waals surface area contributed by atoms with E-state index in [1.807, 2.05) is 97.1 Å². The molecule has 2 N–H and O–H groups in total. The first-order valence-electron chi connectivity index (χ1n) is 9.96. The Morgan fingerprint density at radius 3 is 1.48 bits per heavy atom.